The molecular formula is C31H34F3N3O4. The molecule has 0 radical (unpaired) electrons. The van der Waals surface area contributed by atoms with Gasteiger partial charge in [0.25, 0.3) is 5.91 Å². The minimum atomic E-state index is -4.37. The molecule has 10 heteroatoms. The molecule has 2 aromatic carbocycles. The van der Waals surface area contributed by atoms with Gasteiger partial charge in [-0.15, -0.1) is 0 Å². The number of likely N-dealkylation sites (tertiary alicyclic amines) is 1. The van der Waals surface area contributed by atoms with Crippen molar-refractivity contribution >= 4 is 17.7 Å². The predicted molar refractivity (Wildman–Crippen MR) is 143 cm³/mol. The molecule has 4 aliphatic rings. The number of imide groups is 1. The minimum Gasteiger partial charge on any atom is -0.384 e. The van der Waals surface area contributed by atoms with Gasteiger partial charge in [0, 0.05) is 43.6 Å². The second-order valence-corrected chi connectivity index (χ2v) is 12.1. The first-order chi connectivity index (χ1) is 19.5. The standard InChI is InChI=1S/C31H34F3N3O4/c32-31(33,34)22-6-4-20(5-7-22)17-36-15-14-30(41,29(19-36)12-2-1-3-13-29)23-8-9-24-21(16-23)18-37(28(24)40)25-10-11-26(38)35-27(25)39/h4-9,16,25,41H,1-3,10-15,17-19H2,(H,35,38,39). The van der Waals surface area contributed by atoms with Crippen LogP contribution in [0.1, 0.15) is 84.0 Å². The Hall–Kier alpha value is -3.24. The van der Waals surface area contributed by atoms with Gasteiger partial charge in [0.15, 0.2) is 0 Å². The third-order valence-corrected chi connectivity index (χ3v) is 9.69. The highest BCUT2D eigenvalue weighted by atomic mass is 19.4. The van der Waals surface area contributed by atoms with Crippen LogP contribution in [0.3, 0.4) is 0 Å². The largest absolute Gasteiger partial charge is 0.416 e. The van der Waals surface area contributed by atoms with E-state index in [1.165, 1.54) is 17.0 Å². The summed E-state index contributed by atoms with van der Waals surface area (Å²) in [6.07, 6.45) is 1.33. The van der Waals surface area contributed by atoms with Gasteiger partial charge in [0.2, 0.25) is 11.8 Å². The maximum Gasteiger partial charge on any atom is 0.416 e. The third-order valence-electron chi connectivity index (χ3n) is 9.69. The summed E-state index contributed by atoms with van der Waals surface area (Å²) in [6, 6.07) is 10.1. The topological polar surface area (TPSA) is 90.0 Å². The molecule has 6 rings (SSSR count). The lowest BCUT2D eigenvalue weighted by Crippen LogP contribution is -2.58. The summed E-state index contributed by atoms with van der Waals surface area (Å²) in [5, 5.41) is 14.8. The van der Waals surface area contributed by atoms with Crippen LogP contribution in [-0.4, -0.2) is 51.8 Å². The first-order valence-electron chi connectivity index (χ1n) is 14.4. The van der Waals surface area contributed by atoms with Crippen molar-refractivity contribution in [3.63, 3.8) is 0 Å². The molecule has 41 heavy (non-hydrogen) atoms. The lowest BCUT2D eigenvalue weighted by Gasteiger charge is -2.56. The van der Waals surface area contributed by atoms with E-state index in [9.17, 15) is 32.7 Å². The second-order valence-electron chi connectivity index (χ2n) is 12.1. The SMILES string of the molecule is O=C1CCC(N2Cc3cc(C4(O)CCN(Cc5ccc(C(F)(F)F)cc5)CC45CCCCC5)ccc3C2=O)C(=O)N1. The molecule has 2 unspecified atom stereocenters. The van der Waals surface area contributed by atoms with Gasteiger partial charge in [-0.3, -0.25) is 24.6 Å². The molecule has 3 aliphatic heterocycles. The highest BCUT2D eigenvalue weighted by Crippen LogP contribution is 2.55. The number of benzene rings is 2. The number of piperidine rings is 2. The molecule has 3 heterocycles. The normalized spacial score (nSPS) is 26.8. The van der Waals surface area contributed by atoms with Crippen LogP contribution in [0.5, 0.6) is 0 Å². The van der Waals surface area contributed by atoms with Crippen molar-refractivity contribution in [2.24, 2.45) is 5.41 Å². The maximum absolute atomic E-state index is 13.2. The Balaban J connectivity index is 1.24. The van der Waals surface area contributed by atoms with Crippen LogP contribution < -0.4 is 5.32 Å². The summed E-state index contributed by atoms with van der Waals surface area (Å²) in [4.78, 5) is 41.0. The first-order valence-corrected chi connectivity index (χ1v) is 14.4. The number of carbonyl (C=O) groups is 3. The number of carbonyl (C=O) groups excluding carboxylic acids is 3. The average Bonchev–Trinajstić information content (AvgIpc) is 3.26. The summed E-state index contributed by atoms with van der Waals surface area (Å²) in [7, 11) is 0. The van der Waals surface area contributed by atoms with E-state index >= 15 is 0 Å². The van der Waals surface area contributed by atoms with E-state index in [0.29, 0.717) is 38.0 Å². The monoisotopic (exact) mass is 569 g/mol. The zero-order chi connectivity index (χ0) is 29.0. The van der Waals surface area contributed by atoms with Crippen LogP contribution in [0.15, 0.2) is 42.5 Å². The van der Waals surface area contributed by atoms with E-state index in [0.717, 1.165) is 60.9 Å². The highest BCUT2D eigenvalue weighted by molar-refractivity contribution is 6.05. The van der Waals surface area contributed by atoms with Crippen molar-refractivity contribution in [1.82, 2.24) is 15.1 Å². The quantitative estimate of drug-likeness (QED) is 0.529. The molecule has 2 N–H and O–H groups in total. The fraction of sp³-hybridized carbons (Fsp3) is 0.516. The van der Waals surface area contributed by atoms with Crippen molar-refractivity contribution in [2.75, 3.05) is 13.1 Å². The molecular weight excluding hydrogens is 535 g/mol. The number of nitrogens with zero attached hydrogens (tertiary/aromatic N) is 2. The number of hydrogen-bond donors (Lipinski definition) is 2. The summed E-state index contributed by atoms with van der Waals surface area (Å²) in [6.45, 7) is 1.97. The Kier molecular flexibility index (Phi) is 6.97. The van der Waals surface area contributed by atoms with Crippen molar-refractivity contribution in [1.29, 1.82) is 0 Å². The molecule has 2 saturated heterocycles. The van der Waals surface area contributed by atoms with Crippen LogP contribution in [0, 0.1) is 5.41 Å². The smallest absolute Gasteiger partial charge is 0.384 e. The molecule has 7 nitrogen and oxygen atoms in total. The first kappa shape index (κ1) is 27.9. The van der Waals surface area contributed by atoms with E-state index in [4.69, 9.17) is 0 Å². The van der Waals surface area contributed by atoms with Gasteiger partial charge >= 0.3 is 6.18 Å². The molecule has 2 aromatic rings. The fourth-order valence-electron chi connectivity index (χ4n) is 7.50. The van der Waals surface area contributed by atoms with E-state index in [1.54, 1.807) is 6.07 Å². The van der Waals surface area contributed by atoms with Gasteiger partial charge in [0.05, 0.1) is 11.2 Å². The lowest BCUT2D eigenvalue weighted by molar-refractivity contribution is -0.159. The van der Waals surface area contributed by atoms with E-state index < -0.39 is 34.7 Å². The second kappa shape index (κ2) is 10.2. The summed E-state index contributed by atoms with van der Waals surface area (Å²) < 4.78 is 39.1. The lowest BCUT2D eigenvalue weighted by atomic mass is 9.57. The minimum absolute atomic E-state index is 0.188. The van der Waals surface area contributed by atoms with Crippen LogP contribution in [-0.2, 0) is 34.5 Å². The number of hydrogen-bond acceptors (Lipinski definition) is 5. The zero-order valence-corrected chi connectivity index (χ0v) is 22.8. The Labute approximate surface area is 236 Å². The molecule has 1 aliphatic carbocycles. The number of halogens is 3. The van der Waals surface area contributed by atoms with Crippen molar-refractivity contribution < 1.29 is 32.7 Å². The fourth-order valence-corrected chi connectivity index (χ4v) is 7.50. The van der Waals surface area contributed by atoms with Crippen molar-refractivity contribution in [3.8, 4) is 0 Å². The molecule has 218 valence electrons. The van der Waals surface area contributed by atoms with E-state index in [-0.39, 0.29) is 24.8 Å². The number of nitrogens with one attached hydrogen (secondary N) is 1. The zero-order valence-electron chi connectivity index (χ0n) is 22.8. The van der Waals surface area contributed by atoms with Crippen LogP contribution in [0.4, 0.5) is 13.2 Å². The number of alkyl halides is 3. The Morgan fingerprint density at radius 2 is 1.71 bits per heavy atom. The van der Waals surface area contributed by atoms with Gasteiger partial charge in [-0.1, -0.05) is 43.5 Å². The Morgan fingerprint density at radius 3 is 2.39 bits per heavy atom. The van der Waals surface area contributed by atoms with Crippen LogP contribution in [0.25, 0.3) is 0 Å². The summed E-state index contributed by atoms with van der Waals surface area (Å²) >= 11 is 0. The molecule has 3 fully saturated rings. The molecule has 0 aromatic heterocycles. The molecule has 1 saturated carbocycles. The van der Waals surface area contributed by atoms with Crippen LogP contribution >= 0.6 is 0 Å². The Bertz CT molecular complexity index is 1370. The van der Waals surface area contributed by atoms with Gasteiger partial charge in [-0.05, 0) is 60.6 Å². The van der Waals surface area contributed by atoms with E-state index in [2.05, 4.69) is 10.2 Å². The van der Waals surface area contributed by atoms with Gasteiger partial charge in [-0.25, -0.2) is 0 Å². The maximum atomic E-state index is 13.2. The van der Waals surface area contributed by atoms with Crippen molar-refractivity contribution in [2.45, 2.75) is 82.3 Å². The van der Waals surface area contributed by atoms with E-state index in [1.807, 2.05) is 12.1 Å². The average molecular weight is 570 g/mol. The number of amides is 3. The number of rotatable bonds is 4. The molecule has 3 amide bonds. The highest BCUT2D eigenvalue weighted by Gasteiger charge is 2.55. The molecule has 2 atom stereocenters. The predicted octanol–water partition coefficient (Wildman–Crippen LogP) is 4.51. The van der Waals surface area contributed by atoms with Crippen LogP contribution in [0.2, 0.25) is 0 Å². The molecule has 1 spiro atoms. The Morgan fingerprint density at radius 1 is 0.976 bits per heavy atom. The van der Waals surface area contributed by atoms with Crippen molar-refractivity contribution in [3.05, 3.63) is 70.3 Å². The van der Waals surface area contributed by atoms with Gasteiger partial charge in [0.1, 0.15) is 6.04 Å². The summed E-state index contributed by atoms with van der Waals surface area (Å²) in [5.74, 6) is -1.03. The summed E-state index contributed by atoms with van der Waals surface area (Å²) in [5.41, 5.74) is 0.650. The number of aliphatic hydroxyl groups is 1. The number of fused-ring (bicyclic) bond motifs is 1. The van der Waals surface area contributed by atoms with Gasteiger partial charge < -0.3 is 10.0 Å². The van der Waals surface area contributed by atoms with Gasteiger partial charge in [-0.2, -0.15) is 13.2 Å². The molecule has 0 bridgehead atoms. The third kappa shape index (κ3) is 4.95.